The highest BCUT2D eigenvalue weighted by Crippen LogP contribution is 2.30. The monoisotopic (exact) mass is 330 g/mol. The predicted octanol–water partition coefficient (Wildman–Crippen LogP) is 3.96. The Morgan fingerprint density at radius 2 is 2.10 bits per heavy atom. The van der Waals surface area contributed by atoms with E-state index in [2.05, 4.69) is 56.8 Å². The van der Waals surface area contributed by atoms with E-state index in [4.69, 9.17) is 0 Å². The third-order valence-corrected chi connectivity index (χ3v) is 3.69. The first-order valence-corrected chi connectivity index (χ1v) is 7.32. The lowest BCUT2D eigenvalue weighted by Crippen LogP contribution is -2.19. The van der Waals surface area contributed by atoms with Crippen molar-refractivity contribution in [3.05, 3.63) is 53.0 Å². The minimum atomic E-state index is 0.796. The van der Waals surface area contributed by atoms with E-state index < -0.39 is 0 Å². The maximum atomic E-state index is 4.62. The van der Waals surface area contributed by atoms with Crippen molar-refractivity contribution in [1.82, 2.24) is 14.4 Å². The average molecular weight is 331 g/mol. The number of imidazole rings is 1. The fourth-order valence-electron chi connectivity index (χ4n) is 2.37. The third kappa shape index (κ3) is 2.18. The molecule has 20 heavy (non-hydrogen) atoms. The van der Waals surface area contributed by atoms with Gasteiger partial charge in [0.05, 0.1) is 0 Å². The van der Waals surface area contributed by atoms with E-state index in [1.165, 1.54) is 5.56 Å². The highest BCUT2D eigenvalue weighted by molar-refractivity contribution is 9.10. The maximum Gasteiger partial charge on any atom is 0.180 e. The Morgan fingerprint density at radius 3 is 2.85 bits per heavy atom. The Balaban J connectivity index is 2.22. The van der Waals surface area contributed by atoms with Gasteiger partial charge in [-0.1, -0.05) is 18.2 Å². The number of benzene rings is 1. The van der Waals surface area contributed by atoms with Crippen LogP contribution in [0.15, 0.2) is 47.5 Å². The van der Waals surface area contributed by atoms with Gasteiger partial charge in [0.2, 0.25) is 0 Å². The van der Waals surface area contributed by atoms with Gasteiger partial charge >= 0.3 is 0 Å². The van der Waals surface area contributed by atoms with Crippen molar-refractivity contribution in [2.24, 2.45) is 0 Å². The van der Waals surface area contributed by atoms with Crippen LogP contribution in [0.4, 0.5) is 11.5 Å². The van der Waals surface area contributed by atoms with Gasteiger partial charge in [0.15, 0.2) is 11.5 Å². The molecular weight excluding hydrogens is 316 g/mol. The molecule has 2 aromatic heterocycles. The zero-order chi connectivity index (χ0) is 14.1. The molecule has 0 aliphatic carbocycles. The van der Waals surface area contributed by atoms with Crippen LogP contribution in [0.3, 0.4) is 0 Å². The van der Waals surface area contributed by atoms with Gasteiger partial charge in [-0.05, 0) is 41.4 Å². The smallest absolute Gasteiger partial charge is 0.180 e. The van der Waals surface area contributed by atoms with E-state index >= 15 is 0 Å². The topological polar surface area (TPSA) is 33.4 Å². The third-order valence-electron chi connectivity index (χ3n) is 3.31. The highest BCUT2D eigenvalue weighted by Gasteiger charge is 2.16. The van der Waals surface area contributed by atoms with E-state index in [9.17, 15) is 0 Å². The first kappa shape index (κ1) is 13.1. The second kappa shape index (κ2) is 5.25. The molecule has 3 aromatic rings. The molecule has 0 aliphatic rings. The van der Waals surface area contributed by atoms with Crippen LogP contribution >= 0.6 is 15.9 Å². The van der Waals surface area contributed by atoms with Crippen LogP contribution in [0.2, 0.25) is 0 Å². The summed E-state index contributed by atoms with van der Waals surface area (Å²) in [5, 5.41) is 0. The molecule has 102 valence electrons. The summed E-state index contributed by atoms with van der Waals surface area (Å²) in [4.78, 5) is 11.2. The van der Waals surface area contributed by atoms with Gasteiger partial charge in [0.1, 0.15) is 4.60 Å². The summed E-state index contributed by atoms with van der Waals surface area (Å²) >= 11 is 3.47. The lowest BCUT2D eigenvalue weighted by Gasteiger charge is -2.24. The maximum absolute atomic E-state index is 4.62. The van der Waals surface area contributed by atoms with Crippen LogP contribution in [-0.4, -0.2) is 20.9 Å². The van der Waals surface area contributed by atoms with Gasteiger partial charge < -0.3 is 9.30 Å². The molecule has 0 saturated carbocycles. The molecule has 5 heteroatoms. The second-order valence-corrected chi connectivity index (χ2v) is 5.39. The minimum absolute atomic E-state index is 0.796. The van der Waals surface area contributed by atoms with Crippen molar-refractivity contribution in [3.8, 4) is 0 Å². The van der Waals surface area contributed by atoms with Crippen molar-refractivity contribution < 1.29 is 0 Å². The molecule has 0 aliphatic heterocycles. The van der Waals surface area contributed by atoms with E-state index in [1.807, 2.05) is 28.9 Å². The van der Waals surface area contributed by atoms with Crippen LogP contribution in [0.25, 0.3) is 5.65 Å². The minimum Gasteiger partial charge on any atom is -0.323 e. The molecule has 0 spiro atoms. The standard InChI is InChI=1S/C15H15BrN4/c1-3-20(12-7-5-4-6-11(12)2)15-14-17-8-9-19(14)10-13(16)18-15/h4-10H,3H2,1-2H3. The van der Waals surface area contributed by atoms with E-state index in [1.54, 1.807) is 6.20 Å². The van der Waals surface area contributed by atoms with Crippen molar-refractivity contribution >= 4 is 33.1 Å². The van der Waals surface area contributed by atoms with Gasteiger partial charge in [0, 0.05) is 30.8 Å². The van der Waals surface area contributed by atoms with Crippen LogP contribution in [0.5, 0.6) is 0 Å². The summed E-state index contributed by atoms with van der Waals surface area (Å²) in [7, 11) is 0. The average Bonchev–Trinajstić information content (AvgIpc) is 2.89. The van der Waals surface area contributed by atoms with Crippen molar-refractivity contribution in [2.45, 2.75) is 13.8 Å². The van der Waals surface area contributed by atoms with Crippen LogP contribution in [0, 0.1) is 6.92 Å². The molecule has 4 nitrogen and oxygen atoms in total. The summed E-state index contributed by atoms with van der Waals surface area (Å²) in [5.41, 5.74) is 3.24. The molecule has 2 heterocycles. The van der Waals surface area contributed by atoms with Gasteiger partial charge in [0.25, 0.3) is 0 Å². The fraction of sp³-hybridized carbons (Fsp3) is 0.200. The fourth-order valence-corrected chi connectivity index (χ4v) is 2.76. The van der Waals surface area contributed by atoms with Crippen LogP contribution in [0.1, 0.15) is 12.5 Å². The largest absolute Gasteiger partial charge is 0.323 e. The number of aromatic nitrogens is 3. The number of rotatable bonds is 3. The summed E-state index contributed by atoms with van der Waals surface area (Å²) in [6, 6.07) is 8.32. The molecule has 0 bridgehead atoms. The van der Waals surface area contributed by atoms with Crippen molar-refractivity contribution in [2.75, 3.05) is 11.4 Å². The van der Waals surface area contributed by atoms with Crippen LogP contribution < -0.4 is 4.90 Å². The molecule has 0 amide bonds. The zero-order valence-electron chi connectivity index (χ0n) is 11.4. The SMILES string of the molecule is CCN(c1ccccc1C)c1nc(Br)cn2ccnc12. The second-order valence-electron chi connectivity index (χ2n) is 4.58. The van der Waals surface area contributed by atoms with Crippen LogP contribution in [-0.2, 0) is 0 Å². The van der Waals surface area contributed by atoms with Crippen molar-refractivity contribution in [3.63, 3.8) is 0 Å². The Kier molecular flexibility index (Phi) is 3.44. The lowest BCUT2D eigenvalue weighted by molar-refractivity contribution is 0.961. The summed E-state index contributed by atoms with van der Waals surface area (Å²) in [5.74, 6) is 0.862. The summed E-state index contributed by atoms with van der Waals surface area (Å²) in [6.07, 6.45) is 5.63. The van der Waals surface area contributed by atoms with E-state index in [0.717, 1.165) is 28.3 Å². The first-order valence-electron chi connectivity index (χ1n) is 6.53. The number of halogens is 1. The first-order chi connectivity index (χ1) is 9.70. The molecular formula is C15H15BrN4. The van der Waals surface area contributed by atoms with Crippen molar-refractivity contribution in [1.29, 1.82) is 0 Å². The number of aryl methyl sites for hydroxylation is 1. The molecule has 0 saturated heterocycles. The molecule has 0 radical (unpaired) electrons. The molecule has 0 atom stereocenters. The Bertz CT molecular complexity index is 750. The zero-order valence-corrected chi connectivity index (χ0v) is 13.0. The number of para-hydroxylation sites is 1. The van der Waals surface area contributed by atoms with Gasteiger partial charge in [-0.15, -0.1) is 0 Å². The quantitative estimate of drug-likeness (QED) is 0.728. The number of hydrogen-bond acceptors (Lipinski definition) is 3. The Morgan fingerprint density at radius 1 is 1.30 bits per heavy atom. The molecule has 0 unspecified atom stereocenters. The summed E-state index contributed by atoms with van der Waals surface area (Å²) in [6.45, 7) is 5.06. The molecule has 0 fully saturated rings. The van der Waals surface area contributed by atoms with E-state index in [-0.39, 0.29) is 0 Å². The molecule has 1 aromatic carbocycles. The number of fused-ring (bicyclic) bond motifs is 1. The predicted molar refractivity (Wildman–Crippen MR) is 84.5 cm³/mol. The number of nitrogens with zero attached hydrogens (tertiary/aromatic N) is 4. The normalized spacial score (nSPS) is 10.9. The van der Waals surface area contributed by atoms with Gasteiger partial charge in [-0.3, -0.25) is 0 Å². The van der Waals surface area contributed by atoms with Gasteiger partial charge in [-0.25, -0.2) is 9.97 Å². The Hall–Kier alpha value is -1.88. The lowest BCUT2D eigenvalue weighted by atomic mass is 10.2. The van der Waals surface area contributed by atoms with Gasteiger partial charge in [-0.2, -0.15) is 0 Å². The van der Waals surface area contributed by atoms with E-state index in [0.29, 0.717) is 0 Å². The molecule has 3 rings (SSSR count). The molecule has 0 N–H and O–H groups in total. The number of anilines is 2. The summed E-state index contributed by atoms with van der Waals surface area (Å²) < 4.78 is 2.78. The Labute approximate surface area is 126 Å². The number of hydrogen-bond donors (Lipinski definition) is 0. The highest BCUT2D eigenvalue weighted by atomic mass is 79.9.